The Morgan fingerprint density at radius 1 is 1.23 bits per heavy atom. The van der Waals surface area contributed by atoms with Gasteiger partial charge in [0.15, 0.2) is 11.6 Å². The number of nitrogens with one attached hydrogen (secondary N) is 1. The fraction of sp³-hybridized carbons (Fsp3) is 0.647. The second-order valence-electron chi connectivity index (χ2n) is 12.7. The van der Waals surface area contributed by atoms with Gasteiger partial charge in [-0.1, -0.05) is 26.3 Å². The molecule has 238 valence electrons. The van der Waals surface area contributed by atoms with Crippen LogP contribution in [0.2, 0.25) is 0 Å². The summed E-state index contributed by atoms with van der Waals surface area (Å²) in [5.74, 6) is -0.435. The second kappa shape index (κ2) is 15.8. The molecule has 1 aromatic heterocycles. The summed E-state index contributed by atoms with van der Waals surface area (Å²) < 4.78 is 26.0. The molecule has 1 unspecified atom stereocenters. The van der Waals surface area contributed by atoms with E-state index < -0.39 is 17.8 Å². The summed E-state index contributed by atoms with van der Waals surface area (Å²) in [5.41, 5.74) is 3.54. The number of methoxy groups -OCH3 is 1. The first-order valence-electron chi connectivity index (χ1n) is 16.0. The number of halogens is 1. The molecule has 43 heavy (non-hydrogen) atoms. The van der Waals surface area contributed by atoms with Crippen molar-refractivity contribution in [3.05, 3.63) is 52.5 Å². The lowest BCUT2D eigenvalue weighted by molar-refractivity contribution is -0.143. The lowest BCUT2D eigenvalue weighted by atomic mass is 9.89. The van der Waals surface area contributed by atoms with Crippen molar-refractivity contribution in [2.45, 2.75) is 77.7 Å². The fourth-order valence-electron chi connectivity index (χ4n) is 6.67. The van der Waals surface area contributed by atoms with Crippen LogP contribution < -0.4 is 10.1 Å². The van der Waals surface area contributed by atoms with E-state index in [4.69, 9.17) is 14.5 Å². The molecule has 2 aliphatic heterocycles. The first-order chi connectivity index (χ1) is 20.7. The van der Waals surface area contributed by atoms with Gasteiger partial charge in [0.2, 0.25) is 0 Å². The lowest BCUT2D eigenvalue weighted by Crippen LogP contribution is -2.39. The number of ether oxygens (including phenoxy) is 2. The molecule has 1 aromatic carbocycles. The van der Waals surface area contributed by atoms with Gasteiger partial charge in [-0.05, 0) is 106 Å². The van der Waals surface area contributed by atoms with Crippen molar-refractivity contribution in [1.29, 1.82) is 0 Å². The van der Waals surface area contributed by atoms with Gasteiger partial charge in [-0.2, -0.15) is 0 Å². The average Bonchev–Trinajstić information content (AvgIpc) is 3.35. The molecule has 2 aliphatic rings. The van der Waals surface area contributed by atoms with Crippen LogP contribution >= 0.6 is 0 Å². The van der Waals surface area contributed by atoms with Crippen molar-refractivity contribution in [1.82, 2.24) is 14.8 Å². The lowest BCUT2D eigenvalue weighted by Gasteiger charge is -2.32. The predicted octanol–water partition coefficient (Wildman–Crippen LogP) is 5.74. The minimum absolute atomic E-state index is 0.0122. The molecule has 2 atom stereocenters. The Morgan fingerprint density at radius 3 is 2.84 bits per heavy atom. The topological polar surface area (TPSA) is 87.2 Å². The van der Waals surface area contributed by atoms with Gasteiger partial charge in [-0.15, -0.1) is 0 Å². The normalized spacial score (nSPS) is 19.3. The van der Waals surface area contributed by atoms with E-state index >= 15 is 4.39 Å². The number of nitrogens with zero attached hydrogens (tertiary/aromatic N) is 3. The van der Waals surface area contributed by atoms with Gasteiger partial charge < -0.3 is 24.8 Å². The first kappa shape index (κ1) is 33.1. The van der Waals surface area contributed by atoms with Crippen LogP contribution in [0.15, 0.2) is 24.3 Å². The van der Waals surface area contributed by atoms with Crippen LogP contribution in [0.5, 0.6) is 5.75 Å². The van der Waals surface area contributed by atoms with Gasteiger partial charge in [0, 0.05) is 37.5 Å². The number of aliphatic carboxylic acids is 1. The summed E-state index contributed by atoms with van der Waals surface area (Å²) in [6, 6.07) is 6.65. The summed E-state index contributed by atoms with van der Waals surface area (Å²) in [5, 5.41) is 13.8. The summed E-state index contributed by atoms with van der Waals surface area (Å²) in [7, 11) is 3.55. The highest BCUT2D eigenvalue weighted by Gasteiger charge is 2.41. The van der Waals surface area contributed by atoms with E-state index in [9.17, 15) is 9.90 Å². The van der Waals surface area contributed by atoms with Crippen LogP contribution in [-0.4, -0.2) is 86.0 Å². The Labute approximate surface area is 257 Å². The molecule has 0 amide bonds. The van der Waals surface area contributed by atoms with Crippen LogP contribution in [0.3, 0.4) is 0 Å². The Morgan fingerprint density at radius 2 is 2.07 bits per heavy atom. The Bertz CT molecular complexity index is 1210. The van der Waals surface area contributed by atoms with Gasteiger partial charge in [-0.25, -0.2) is 9.37 Å². The van der Waals surface area contributed by atoms with Gasteiger partial charge >= 0.3 is 5.97 Å². The molecular formula is C34H51FN4O4. The zero-order chi connectivity index (χ0) is 30.8. The summed E-state index contributed by atoms with van der Waals surface area (Å²) >= 11 is 0. The summed E-state index contributed by atoms with van der Waals surface area (Å²) in [4.78, 5) is 21.8. The molecule has 2 aromatic rings. The van der Waals surface area contributed by atoms with Crippen molar-refractivity contribution in [3.8, 4) is 5.75 Å². The maximum atomic E-state index is 15.1. The molecule has 0 bridgehead atoms. The van der Waals surface area contributed by atoms with E-state index in [0.717, 1.165) is 76.0 Å². The molecule has 1 fully saturated rings. The number of unbranched alkanes of at least 4 members (excludes halogenated alkanes) is 2. The van der Waals surface area contributed by atoms with E-state index in [2.05, 4.69) is 36.3 Å². The second-order valence-corrected chi connectivity index (χ2v) is 12.7. The number of hydrogen-bond acceptors (Lipinski definition) is 7. The third-order valence-electron chi connectivity index (χ3n) is 8.78. The molecule has 2 N–H and O–H groups in total. The van der Waals surface area contributed by atoms with Crippen molar-refractivity contribution in [3.63, 3.8) is 0 Å². The van der Waals surface area contributed by atoms with Crippen molar-refractivity contribution in [2.24, 2.45) is 5.41 Å². The molecule has 0 aliphatic carbocycles. The van der Waals surface area contributed by atoms with Gasteiger partial charge in [0.1, 0.15) is 11.9 Å². The van der Waals surface area contributed by atoms with Gasteiger partial charge in [0.05, 0.1) is 13.7 Å². The van der Waals surface area contributed by atoms with E-state index in [1.807, 2.05) is 11.8 Å². The van der Waals surface area contributed by atoms with Crippen LogP contribution in [0.4, 0.5) is 10.2 Å². The van der Waals surface area contributed by atoms with E-state index in [-0.39, 0.29) is 11.2 Å². The van der Waals surface area contributed by atoms with Crippen LogP contribution in [0.25, 0.3) is 0 Å². The van der Waals surface area contributed by atoms with E-state index in [0.29, 0.717) is 38.3 Å². The Hall–Kier alpha value is -2.75. The Balaban J connectivity index is 1.29. The van der Waals surface area contributed by atoms with Crippen molar-refractivity contribution < 1.29 is 23.8 Å². The minimum atomic E-state index is -0.987. The molecule has 0 radical (unpaired) electrons. The zero-order valence-electron chi connectivity index (χ0n) is 26.6. The highest BCUT2D eigenvalue weighted by Crippen LogP contribution is 2.40. The molecule has 3 heterocycles. The molecule has 8 nitrogen and oxygen atoms in total. The van der Waals surface area contributed by atoms with E-state index in [1.54, 1.807) is 6.07 Å². The summed E-state index contributed by atoms with van der Waals surface area (Å²) in [6.45, 7) is 9.54. The molecule has 9 heteroatoms. The Kier molecular flexibility index (Phi) is 12.2. The minimum Gasteiger partial charge on any atom is -0.493 e. The highest BCUT2D eigenvalue weighted by atomic mass is 19.1. The number of carbonyl (C=O) groups is 1. The first-order valence-corrected chi connectivity index (χ1v) is 16.0. The smallest absolute Gasteiger partial charge is 0.325 e. The van der Waals surface area contributed by atoms with Crippen LogP contribution in [0.1, 0.15) is 80.8 Å². The number of aromatic nitrogens is 1. The molecule has 0 saturated carbocycles. The zero-order valence-corrected chi connectivity index (χ0v) is 26.6. The monoisotopic (exact) mass is 598 g/mol. The number of pyridine rings is 1. The molecule has 1 saturated heterocycles. The summed E-state index contributed by atoms with van der Waals surface area (Å²) in [6.07, 6.45) is 8.98. The standard InChI is InChI=1S/C34H51FN4O4/c1-5-19-43-20-14-25-21-28(31(42-4)29(35)22-25)30(33(40)41)39-18-15-34(2,24-39)23-38(3)17-8-6-7-11-27-13-12-26-10-9-16-36-32(26)37-27/h12-13,21-22,30H,5-11,14-20,23-24H2,1-4H3,(H,36,37)(H,40,41)/t30?,34-/m0/s1. The van der Waals surface area contributed by atoms with Crippen LogP contribution in [0, 0.1) is 11.2 Å². The number of anilines is 1. The van der Waals surface area contributed by atoms with Gasteiger partial charge in [0.25, 0.3) is 0 Å². The fourth-order valence-corrected chi connectivity index (χ4v) is 6.67. The van der Waals surface area contributed by atoms with Gasteiger partial charge in [-0.3, -0.25) is 9.69 Å². The number of carboxylic acid groups (broad SMARTS) is 1. The highest BCUT2D eigenvalue weighted by molar-refractivity contribution is 5.77. The maximum absolute atomic E-state index is 15.1. The third-order valence-corrected chi connectivity index (χ3v) is 8.78. The molecule has 0 spiro atoms. The quantitative estimate of drug-likeness (QED) is 0.223. The maximum Gasteiger partial charge on any atom is 0.325 e. The average molecular weight is 599 g/mol. The number of carboxylic acids is 1. The van der Waals surface area contributed by atoms with E-state index in [1.165, 1.54) is 30.9 Å². The molecule has 4 rings (SSSR count). The number of fused-ring (bicyclic) bond motifs is 1. The molecular weight excluding hydrogens is 547 g/mol. The largest absolute Gasteiger partial charge is 0.493 e. The van der Waals surface area contributed by atoms with Crippen LogP contribution in [-0.2, 0) is 28.8 Å². The SMILES string of the molecule is CCCOCCc1cc(F)c(OC)c(C(C(=O)O)N2CC[C@@](C)(CN(C)CCCCCc3ccc4c(n3)NCCC4)C2)c1. The van der Waals surface area contributed by atoms with Crippen molar-refractivity contribution >= 4 is 11.8 Å². The number of hydrogen-bond donors (Lipinski definition) is 2. The number of aryl methyl sites for hydroxylation is 2. The number of benzene rings is 1. The number of likely N-dealkylation sites (tertiary alicyclic amines) is 1. The van der Waals surface area contributed by atoms with Crippen molar-refractivity contribution in [2.75, 3.05) is 65.4 Å². The third kappa shape index (κ3) is 9.13. The number of rotatable bonds is 17. The predicted molar refractivity (Wildman–Crippen MR) is 169 cm³/mol.